The first-order chi connectivity index (χ1) is 13.4. The summed E-state index contributed by atoms with van der Waals surface area (Å²) in [4.78, 5) is 35.7. The van der Waals surface area contributed by atoms with Gasteiger partial charge in [-0.3, -0.25) is 9.59 Å². The van der Waals surface area contributed by atoms with Gasteiger partial charge >= 0.3 is 0 Å². The summed E-state index contributed by atoms with van der Waals surface area (Å²) in [5.41, 5.74) is 0.931. The van der Waals surface area contributed by atoms with Crippen LogP contribution < -0.4 is 15.4 Å². The van der Waals surface area contributed by atoms with E-state index < -0.39 is 5.82 Å². The number of hydrogen-bond donors (Lipinski definition) is 1. The number of nitrogens with zero attached hydrogens (tertiary/aromatic N) is 3. The van der Waals surface area contributed by atoms with Gasteiger partial charge in [0.1, 0.15) is 17.5 Å². The zero-order chi connectivity index (χ0) is 19.8. The minimum absolute atomic E-state index is 0.0560. The number of aromatic nitrogens is 2. The van der Waals surface area contributed by atoms with Gasteiger partial charge in [0, 0.05) is 30.9 Å². The van der Waals surface area contributed by atoms with Crippen molar-refractivity contribution in [3.63, 3.8) is 0 Å². The Kier molecular flexibility index (Phi) is 5.07. The number of hydrogen-bond acceptors (Lipinski definition) is 5. The van der Waals surface area contributed by atoms with Gasteiger partial charge in [-0.2, -0.15) is 0 Å². The van der Waals surface area contributed by atoms with E-state index in [2.05, 4.69) is 9.97 Å². The van der Waals surface area contributed by atoms with Crippen molar-refractivity contribution in [1.29, 1.82) is 0 Å². The molecular formula is C19H20ClFN4O3. The number of ether oxygens (including phenoxy) is 1. The summed E-state index contributed by atoms with van der Waals surface area (Å²) >= 11 is 6.07. The van der Waals surface area contributed by atoms with Crippen LogP contribution in [0, 0.1) is 5.82 Å². The van der Waals surface area contributed by atoms with E-state index in [4.69, 9.17) is 16.3 Å². The largest absolute Gasteiger partial charge is 0.378 e. The van der Waals surface area contributed by atoms with Crippen LogP contribution in [0.2, 0.25) is 5.02 Å². The molecule has 1 atom stereocenters. The van der Waals surface area contributed by atoms with Crippen LogP contribution in [-0.2, 0) is 22.4 Å². The number of benzene rings is 1. The standard InChI is InChI=1S/C19H20ClFN4O3/c1-11-8-12-14(3-2-13(21)19(12)20)25(11)18(27)9-15-22-16(10-17(26)23-15)24-4-6-28-7-5-24/h2-3,10-11H,4-9H2,1H3,(H,22,23,26). The van der Waals surface area contributed by atoms with Gasteiger partial charge in [-0.15, -0.1) is 0 Å². The molecule has 1 amide bonds. The summed E-state index contributed by atoms with van der Waals surface area (Å²) in [6, 6.07) is 4.10. The molecule has 1 aromatic heterocycles. The van der Waals surface area contributed by atoms with E-state index in [9.17, 15) is 14.0 Å². The molecule has 9 heteroatoms. The first-order valence-electron chi connectivity index (χ1n) is 9.16. The Bertz CT molecular complexity index is 974. The summed E-state index contributed by atoms with van der Waals surface area (Å²) in [6.07, 6.45) is 0.418. The molecule has 0 aliphatic carbocycles. The number of morpholine rings is 1. The molecule has 4 rings (SSSR count). The number of halogens is 2. The molecule has 1 fully saturated rings. The van der Waals surface area contributed by atoms with Gasteiger partial charge in [0.25, 0.3) is 5.56 Å². The smallest absolute Gasteiger partial charge is 0.252 e. The second-order valence-corrected chi connectivity index (χ2v) is 7.38. The molecule has 1 unspecified atom stereocenters. The number of carbonyl (C=O) groups is 1. The second-order valence-electron chi connectivity index (χ2n) is 7.00. The predicted molar refractivity (Wildman–Crippen MR) is 104 cm³/mol. The molecule has 0 spiro atoms. The first kappa shape index (κ1) is 18.9. The van der Waals surface area contributed by atoms with Gasteiger partial charge < -0.3 is 19.5 Å². The Morgan fingerprint density at radius 2 is 2.14 bits per heavy atom. The van der Waals surface area contributed by atoms with Crippen molar-refractivity contribution in [1.82, 2.24) is 9.97 Å². The average Bonchev–Trinajstić information content (AvgIpc) is 3.02. The van der Waals surface area contributed by atoms with Crippen LogP contribution >= 0.6 is 11.6 Å². The van der Waals surface area contributed by atoms with Crippen molar-refractivity contribution < 1.29 is 13.9 Å². The monoisotopic (exact) mass is 406 g/mol. The highest BCUT2D eigenvalue weighted by molar-refractivity contribution is 6.32. The van der Waals surface area contributed by atoms with Gasteiger partial charge in [0.2, 0.25) is 5.91 Å². The second kappa shape index (κ2) is 7.52. The maximum atomic E-state index is 13.7. The minimum atomic E-state index is -0.494. The molecule has 1 N–H and O–H groups in total. The van der Waals surface area contributed by atoms with Gasteiger partial charge in [0.15, 0.2) is 0 Å². The van der Waals surface area contributed by atoms with Crippen LogP contribution in [0.25, 0.3) is 0 Å². The van der Waals surface area contributed by atoms with Crippen LogP contribution in [0.5, 0.6) is 0 Å². The highest BCUT2D eigenvalue weighted by Gasteiger charge is 2.33. The van der Waals surface area contributed by atoms with E-state index in [1.807, 2.05) is 11.8 Å². The van der Waals surface area contributed by atoms with Gasteiger partial charge in [-0.1, -0.05) is 11.6 Å². The number of nitrogens with one attached hydrogen (secondary N) is 1. The van der Waals surface area contributed by atoms with Crippen molar-refractivity contribution in [2.75, 3.05) is 36.1 Å². The number of H-pyrrole nitrogens is 1. The number of anilines is 2. The zero-order valence-corrected chi connectivity index (χ0v) is 16.1. The Morgan fingerprint density at radius 1 is 1.39 bits per heavy atom. The highest BCUT2D eigenvalue weighted by atomic mass is 35.5. The number of carbonyl (C=O) groups excluding carboxylic acids is 1. The SMILES string of the molecule is CC1Cc2c(ccc(F)c2Cl)N1C(=O)Cc1nc(N2CCOCC2)cc(=O)[nH]1. The molecular weight excluding hydrogens is 387 g/mol. The van der Waals surface area contributed by atoms with Gasteiger partial charge in [-0.25, -0.2) is 9.37 Å². The van der Waals surface area contributed by atoms with Crippen LogP contribution in [0.3, 0.4) is 0 Å². The average molecular weight is 407 g/mol. The summed E-state index contributed by atoms with van der Waals surface area (Å²) in [7, 11) is 0. The van der Waals surface area contributed by atoms with Crippen molar-refractivity contribution >= 4 is 29.0 Å². The number of fused-ring (bicyclic) bond motifs is 1. The predicted octanol–water partition coefficient (Wildman–Crippen LogP) is 1.92. The van der Waals surface area contributed by atoms with Crippen molar-refractivity contribution in [3.05, 3.63) is 50.8 Å². The molecule has 2 aliphatic heterocycles. The van der Waals surface area contributed by atoms with Gasteiger partial charge in [0.05, 0.1) is 24.7 Å². The first-order valence-corrected chi connectivity index (χ1v) is 9.53. The lowest BCUT2D eigenvalue weighted by Gasteiger charge is -2.28. The molecule has 0 saturated carbocycles. The van der Waals surface area contributed by atoms with Crippen LogP contribution in [0.1, 0.15) is 18.3 Å². The number of aromatic amines is 1. The number of rotatable bonds is 3. The zero-order valence-electron chi connectivity index (χ0n) is 15.4. The molecule has 28 heavy (non-hydrogen) atoms. The summed E-state index contributed by atoms with van der Waals surface area (Å²) in [5, 5.41) is 0.0560. The normalized spacial score (nSPS) is 19.0. The Hall–Kier alpha value is -2.45. The summed E-state index contributed by atoms with van der Waals surface area (Å²) in [6.45, 7) is 4.31. The third-order valence-corrected chi connectivity index (χ3v) is 5.48. The third-order valence-electron chi connectivity index (χ3n) is 5.07. The van der Waals surface area contributed by atoms with Crippen molar-refractivity contribution in [2.24, 2.45) is 0 Å². The Balaban J connectivity index is 1.59. The van der Waals surface area contributed by atoms with Crippen LogP contribution in [0.4, 0.5) is 15.9 Å². The summed E-state index contributed by atoms with van der Waals surface area (Å²) in [5.74, 6) is 0.116. The molecule has 0 bridgehead atoms. The Morgan fingerprint density at radius 3 is 2.89 bits per heavy atom. The van der Waals surface area contributed by atoms with Crippen molar-refractivity contribution in [2.45, 2.75) is 25.8 Å². The van der Waals surface area contributed by atoms with E-state index in [1.54, 1.807) is 11.0 Å². The fourth-order valence-electron chi connectivity index (χ4n) is 3.77. The highest BCUT2D eigenvalue weighted by Crippen LogP contribution is 2.38. The topological polar surface area (TPSA) is 78.5 Å². The fourth-order valence-corrected chi connectivity index (χ4v) is 4.00. The molecule has 0 radical (unpaired) electrons. The molecule has 7 nitrogen and oxygen atoms in total. The van der Waals surface area contributed by atoms with E-state index in [0.29, 0.717) is 55.6 Å². The Labute approximate surface area is 166 Å². The van der Waals surface area contributed by atoms with Crippen molar-refractivity contribution in [3.8, 4) is 0 Å². The molecule has 1 aromatic carbocycles. The van der Waals surface area contributed by atoms with E-state index in [-0.39, 0.29) is 29.0 Å². The van der Waals surface area contributed by atoms with Gasteiger partial charge in [-0.05, 0) is 31.0 Å². The fraction of sp³-hybridized carbons (Fsp3) is 0.421. The molecule has 3 heterocycles. The van der Waals surface area contributed by atoms with Crippen LogP contribution in [0.15, 0.2) is 23.0 Å². The quantitative estimate of drug-likeness (QED) is 0.842. The number of amides is 1. The summed E-state index contributed by atoms with van der Waals surface area (Å²) < 4.78 is 19.1. The molecule has 2 aromatic rings. The maximum Gasteiger partial charge on any atom is 0.252 e. The third kappa shape index (κ3) is 3.49. The van der Waals surface area contributed by atoms with Crippen LogP contribution in [-0.4, -0.2) is 48.2 Å². The maximum absolute atomic E-state index is 13.7. The van der Waals surface area contributed by atoms with E-state index >= 15 is 0 Å². The lowest BCUT2D eigenvalue weighted by molar-refractivity contribution is -0.118. The van der Waals surface area contributed by atoms with E-state index in [0.717, 1.165) is 0 Å². The molecule has 1 saturated heterocycles. The molecule has 2 aliphatic rings. The van der Waals surface area contributed by atoms with E-state index in [1.165, 1.54) is 12.1 Å². The molecule has 148 valence electrons. The lowest BCUT2D eigenvalue weighted by Crippen LogP contribution is -2.39. The lowest BCUT2D eigenvalue weighted by atomic mass is 10.1. The minimum Gasteiger partial charge on any atom is -0.378 e.